The molecule has 2 atom stereocenters. The number of nitrogens with one attached hydrogen (secondary N) is 1. The highest BCUT2D eigenvalue weighted by Gasteiger charge is 2.30. The highest BCUT2D eigenvalue weighted by molar-refractivity contribution is 6.30. The van der Waals surface area contributed by atoms with Gasteiger partial charge in [0.15, 0.2) is 0 Å². The van der Waals surface area contributed by atoms with Crippen molar-refractivity contribution < 1.29 is 9.53 Å². The summed E-state index contributed by atoms with van der Waals surface area (Å²) >= 11 is 5.93. The molecule has 2 aromatic carbocycles. The predicted molar refractivity (Wildman–Crippen MR) is 99.5 cm³/mol. The number of rotatable bonds is 5. The molecule has 1 N–H and O–H groups in total. The molecule has 3 rings (SSSR count). The summed E-state index contributed by atoms with van der Waals surface area (Å²) in [5, 5.41) is 3.79. The van der Waals surface area contributed by atoms with Gasteiger partial charge in [0, 0.05) is 18.1 Å². The lowest BCUT2D eigenvalue weighted by Gasteiger charge is -2.35. The molecule has 5 heteroatoms. The third-order valence-corrected chi connectivity index (χ3v) is 4.75. The van der Waals surface area contributed by atoms with Crippen molar-refractivity contribution in [3.63, 3.8) is 0 Å². The SMILES string of the molecule is C[C@@H](NC(=O)[C@H]1COCCN1Cc1ccccc1)c1ccc(Cl)cc1. The summed E-state index contributed by atoms with van der Waals surface area (Å²) in [4.78, 5) is 15.0. The van der Waals surface area contributed by atoms with Crippen LogP contribution in [0.2, 0.25) is 5.02 Å². The van der Waals surface area contributed by atoms with Crippen LogP contribution in [0.3, 0.4) is 0 Å². The number of benzene rings is 2. The Hall–Kier alpha value is -1.88. The molecular weight excluding hydrogens is 336 g/mol. The molecule has 1 aliphatic rings. The fourth-order valence-electron chi connectivity index (χ4n) is 3.03. The lowest BCUT2D eigenvalue weighted by Crippen LogP contribution is -2.53. The van der Waals surface area contributed by atoms with Crippen LogP contribution in [0.15, 0.2) is 54.6 Å². The first-order valence-electron chi connectivity index (χ1n) is 8.55. The fourth-order valence-corrected chi connectivity index (χ4v) is 3.16. The lowest BCUT2D eigenvalue weighted by molar-refractivity contribution is -0.133. The highest BCUT2D eigenvalue weighted by Crippen LogP contribution is 2.18. The van der Waals surface area contributed by atoms with E-state index in [4.69, 9.17) is 16.3 Å². The number of amides is 1. The molecule has 25 heavy (non-hydrogen) atoms. The molecule has 0 bridgehead atoms. The minimum absolute atomic E-state index is 0.00178. The largest absolute Gasteiger partial charge is 0.378 e. The van der Waals surface area contributed by atoms with Gasteiger partial charge in [-0.05, 0) is 30.2 Å². The van der Waals surface area contributed by atoms with Crippen molar-refractivity contribution in [3.8, 4) is 0 Å². The number of carbonyl (C=O) groups excluding carboxylic acids is 1. The van der Waals surface area contributed by atoms with E-state index in [1.807, 2.05) is 49.4 Å². The zero-order valence-electron chi connectivity index (χ0n) is 14.3. The smallest absolute Gasteiger partial charge is 0.240 e. The summed E-state index contributed by atoms with van der Waals surface area (Å²) in [5.41, 5.74) is 2.23. The van der Waals surface area contributed by atoms with Crippen LogP contribution in [0.5, 0.6) is 0 Å². The number of halogens is 1. The van der Waals surface area contributed by atoms with E-state index in [0.29, 0.717) is 18.2 Å². The van der Waals surface area contributed by atoms with E-state index in [9.17, 15) is 4.79 Å². The maximum Gasteiger partial charge on any atom is 0.240 e. The van der Waals surface area contributed by atoms with Crippen LogP contribution in [0.1, 0.15) is 24.1 Å². The second kappa shape index (κ2) is 8.48. The van der Waals surface area contributed by atoms with Gasteiger partial charge < -0.3 is 10.1 Å². The molecule has 0 radical (unpaired) electrons. The van der Waals surface area contributed by atoms with Gasteiger partial charge in [-0.2, -0.15) is 0 Å². The molecule has 2 aromatic rings. The molecule has 0 unspecified atom stereocenters. The summed E-state index contributed by atoms with van der Waals surface area (Å²) in [6.45, 7) is 4.56. The van der Waals surface area contributed by atoms with Crippen molar-refractivity contribution in [2.75, 3.05) is 19.8 Å². The molecule has 4 nitrogen and oxygen atoms in total. The Morgan fingerprint density at radius 3 is 2.68 bits per heavy atom. The summed E-state index contributed by atoms with van der Waals surface area (Å²) in [7, 11) is 0. The molecule has 1 saturated heterocycles. The Morgan fingerprint density at radius 1 is 1.24 bits per heavy atom. The minimum Gasteiger partial charge on any atom is -0.378 e. The van der Waals surface area contributed by atoms with Crippen LogP contribution in [-0.2, 0) is 16.1 Å². The average molecular weight is 359 g/mol. The average Bonchev–Trinajstić information content (AvgIpc) is 2.63. The molecule has 1 aliphatic heterocycles. The highest BCUT2D eigenvalue weighted by atomic mass is 35.5. The number of hydrogen-bond donors (Lipinski definition) is 1. The van der Waals surface area contributed by atoms with Crippen LogP contribution >= 0.6 is 11.6 Å². The first-order chi connectivity index (χ1) is 12.1. The maximum atomic E-state index is 12.8. The van der Waals surface area contributed by atoms with E-state index in [1.165, 1.54) is 5.56 Å². The zero-order chi connectivity index (χ0) is 17.6. The van der Waals surface area contributed by atoms with Crippen molar-refractivity contribution in [2.45, 2.75) is 25.6 Å². The van der Waals surface area contributed by atoms with Crippen molar-refractivity contribution in [3.05, 3.63) is 70.7 Å². The first kappa shape index (κ1) is 17.9. The minimum atomic E-state index is -0.274. The van der Waals surface area contributed by atoms with E-state index < -0.39 is 0 Å². The summed E-state index contributed by atoms with van der Waals surface area (Å²) in [5.74, 6) is -0.00178. The van der Waals surface area contributed by atoms with Crippen LogP contribution < -0.4 is 5.32 Å². The second-order valence-corrected chi connectivity index (χ2v) is 6.77. The Labute approximate surface area is 153 Å². The number of hydrogen-bond acceptors (Lipinski definition) is 3. The predicted octanol–water partition coefficient (Wildman–Crippen LogP) is 3.42. The fraction of sp³-hybridized carbons (Fsp3) is 0.350. The third kappa shape index (κ3) is 4.82. The van der Waals surface area contributed by atoms with Gasteiger partial charge in [0.25, 0.3) is 0 Å². The summed E-state index contributed by atoms with van der Waals surface area (Å²) in [6.07, 6.45) is 0. The van der Waals surface area contributed by atoms with Crippen LogP contribution in [0.4, 0.5) is 0 Å². The van der Waals surface area contributed by atoms with Gasteiger partial charge in [0.05, 0.1) is 19.3 Å². The van der Waals surface area contributed by atoms with Gasteiger partial charge in [0.1, 0.15) is 6.04 Å². The molecule has 0 aliphatic carbocycles. The van der Waals surface area contributed by atoms with Crippen molar-refractivity contribution in [1.82, 2.24) is 10.2 Å². The molecule has 1 fully saturated rings. The van der Waals surface area contributed by atoms with E-state index in [-0.39, 0.29) is 18.0 Å². The molecule has 0 spiro atoms. The zero-order valence-corrected chi connectivity index (χ0v) is 15.1. The number of morpholine rings is 1. The first-order valence-corrected chi connectivity index (χ1v) is 8.93. The van der Waals surface area contributed by atoms with Crippen LogP contribution in [0.25, 0.3) is 0 Å². The third-order valence-electron chi connectivity index (χ3n) is 4.50. The molecule has 132 valence electrons. The van der Waals surface area contributed by atoms with Gasteiger partial charge in [-0.25, -0.2) is 0 Å². The van der Waals surface area contributed by atoms with Gasteiger partial charge in [-0.3, -0.25) is 9.69 Å². The van der Waals surface area contributed by atoms with E-state index in [2.05, 4.69) is 22.3 Å². The van der Waals surface area contributed by atoms with Crippen LogP contribution in [-0.4, -0.2) is 36.6 Å². The van der Waals surface area contributed by atoms with Gasteiger partial charge in [-0.1, -0.05) is 54.1 Å². The normalized spacial score (nSPS) is 19.4. The Morgan fingerprint density at radius 2 is 1.96 bits per heavy atom. The maximum absolute atomic E-state index is 12.8. The summed E-state index contributed by atoms with van der Waals surface area (Å²) < 4.78 is 5.55. The monoisotopic (exact) mass is 358 g/mol. The second-order valence-electron chi connectivity index (χ2n) is 6.33. The van der Waals surface area contributed by atoms with Gasteiger partial charge >= 0.3 is 0 Å². The molecule has 1 heterocycles. The Balaban J connectivity index is 1.65. The molecular formula is C20H23ClN2O2. The molecule has 0 aromatic heterocycles. The topological polar surface area (TPSA) is 41.6 Å². The Kier molecular flexibility index (Phi) is 6.08. The van der Waals surface area contributed by atoms with Crippen molar-refractivity contribution in [2.24, 2.45) is 0 Å². The molecule has 1 amide bonds. The number of ether oxygens (including phenoxy) is 1. The quantitative estimate of drug-likeness (QED) is 0.890. The van der Waals surface area contributed by atoms with Crippen molar-refractivity contribution >= 4 is 17.5 Å². The van der Waals surface area contributed by atoms with Gasteiger partial charge in [0.2, 0.25) is 5.91 Å². The van der Waals surface area contributed by atoms with E-state index in [0.717, 1.165) is 18.7 Å². The van der Waals surface area contributed by atoms with E-state index >= 15 is 0 Å². The number of carbonyl (C=O) groups is 1. The summed E-state index contributed by atoms with van der Waals surface area (Å²) in [6, 6.07) is 17.4. The van der Waals surface area contributed by atoms with Crippen molar-refractivity contribution in [1.29, 1.82) is 0 Å². The lowest BCUT2D eigenvalue weighted by atomic mass is 10.1. The van der Waals surface area contributed by atoms with Crippen LogP contribution in [0, 0.1) is 0 Å². The Bertz CT molecular complexity index is 691. The number of nitrogens with zero attached hydrogens (tertiary/aromatic N) is 1. The standard InChI is InChI=1S/C20H23ClN2O2/c1-15(17-7-9-18(21)10-8-17)22-20(24)19-14-25-12-11-23(19)13-16-5-3-2-4-6-16/h2-10,15,19H,11-14H2,1H3,(H,22,24)/t15-,19-/m1/s1. The van der Waals surface area contributed by atoms with E-state index in [1.54, 1.807) is 0 Å². The molecule has 0 saturated carbocycles. The van der Waals surface area contributed by atoms with Gasteiger partial charge in [-0.15, -0.1) is 0 Å².